The minimum absolute atomic E-state index is 0.152. The molecule has 1 aliphatic rings. The fourth-order valence-corrected chi connectivity index (χ4v) is 4.71. The van der Waals surface area contributed by atoms with Crippen LogP contribution in [0.2, 0.25) is 0 Å². The van der Waals surface area contributed by atoms with E-state index in [0.29, 0.717) is 49.2 Å². The average molecular weight is 509 g/mol. The van der Waals surface area contributed by atoms with Crippen molar-refractivity contribution in [3.05, 3.63) is 101 Å². The lowest BCUT2D eigenvalue weighted by atomic mass is 9.82. The third-order valence-corrected chi connectivity index (χ3v) is 6.84. The van der Waals surface area contributed by atoms with Gasteiger partial charge in [0.1, 0.15) is 17.7 Å². The number of unbranched alkanes of at least 4 members (excludes halogenated alkanes) is 1. The summed E-state index contributed by atoms with van der Waals surface area (Å²) in [5.41, 5.74) is 2.10. The van der Waals surface area contributed by atoms with E-state index >= 15 is 4.39 Å². The third kappa shape index (κ3) is 6.43. The molecule has 0 aliphatic heterocycles. The Kier molecular flexibility index (Phi) is 8.70. The molecule has 4 rings (SSSR count). The van der Waals surface area contributed by atoms with Crippen LogP contribution in [0.1, 0.15) is 65.9 Å². The summed E-state index contributed by atoms with van der Waals surface area (Å²) < 4.78 is 55.5. The molecule has 0 bridgehead atoms. The largest absolute Gasteiger partial charge is 0.493 e. The van der Waals surface area contributed by atoms with Crippen LogP contribution in [-0.2, 0) is 4.74 Å². The zero-order chi connectivity index (χ0) is 26.4. The van der Waals surface area contributed by atoms with Crippen molar-refractivity contribution in [2.75, 3.05) is 6.61 Å². The first-order chi connectivity index (χ1) is 17.9. The lowest BCUT2D eigenvalue weighted by Crippen LogP contribution is -2.24. The molecule has 0 saturated heterocycles. The van der Waals surface area contributed by atoms with Gasteiger partial charge in [-0.2, -0.15) is 0 Å². The van der Waals surface area contributed by atoms with Crippen molar-refractivity contribution in [3.63, 3.8) is 0 Å². The summed E-state index contributed by atoms with van der Waals surface area (Å²) in [4.78, 5) is 12.6. The summed E-state index contributed by atoms with van der Waals surface area (Å²) in [5, 5.41) is 0. The number of halogens is 3. The summed E-state index contributed by atoms with van der Waals surface area (Å²) in [6, 6.07) is 14.6. The van der Waals surface area contributed by atoms with Gasteiger partial charge in [0.05, 0.1) is 12.2 Å². The van der Waals surface area contributed by atoms with Gasteiger partial charge in [-0.3, -0.25) is 0 Å². The van der Waals surface area contributed by atoms with Crippen molar-refractivity contribution >= 4 is 5.97 Å². The first-order valence-electron chi connectivity index (χ1n) is 12.7. The van der Waals surface area contributed by atoms with Crippen LogP contribution in [0, 0.1) is 24.4 Å². The van der Waals surface area contributed by atoms with E-state index in [1.54, 1.807) is 36.4 Å². The molecule has 0 amide bonds. The first kappa shape index (κ1) is 26.5. The number of ether oxygens (including phenoxy) is 2. The molecule has 3 nitrogen and oxygen atoms in total. The van der Waals surface area contributed by atoms with Gasteiger partial charge in [-0.05, 0) is 74.6 Å². The molecule has 1 saturated carbocycles. The summed E-state index contributed by atoms with van der Waals surface area (Å²) in [7, 11) is 0. The van der Waals surface area contributed by atoms with E-state index < -0.39 is 29.5 Å². The summed E-state index contributed by atoms with van der Waals surface area (Å²) in [6.07, 6.45) is 5.01. The molecule has 6 heteroatoms. The molecular formula is C31H31F3O3. The molecule has 37 heavy (non-hydrogen) atoms. The van der Waals surface area contributed by atoms with Crippen molar-refractivity contribution in [1.82, 2.24) is 0 Å². The highest BCUT2D eigenvalue weighted by molar-refractivity contribution is 5.90. The van der Waals surface area contributed by atoms with Crippen LogP contribution in [0.25, 0.3) is 11.1 Å². The van der Waals surface area contributed by atoms with E-state index in [4.69, 9.17) is 9.47 Å². The number of aryl methyl sites for hydroxylation is 1. The minimum Gasteiger partial charge on any atom is -0.493 e. The fourth-order valence-electron chi connectivity index (χ4n) is 4.71. The SMILES string of the molecule is C=CCCCOc1ccc(C(=O)OC2CCC(c3ccc(-c4ccc(C)cc4)c(F)c3F)CC2)c(F)c1. The normalized spacial score (nSPS) is 17.3. The molecule has 0 aromatic heterocycles. The van der Waals surface area contributed by atoms with Crippen LogP contribution in [-0.4, -0.2) is 18.7 Å². The van der Waals surface area contributed by atoms with Crippen molar-refractivity contribution in [1.29, 1.82) is 0 Å². The highest BCUT2D eigenvalue weighted by Gasteiger charge is 2.29. The van der Waals surface area contributed by atoms with Crippen molar-refractivity contribution in [2.24, 2.45) is 0 Å². The molecule has 3 aromatic rings. The Morgan fingerprint density at radius 1 is 0.973 bits per heavy atom. The van der Waals surface area contributed by atoms with Crippen LogP contribution in [0.15, 0.2) is 67.3 Å². The Morgan fingerprint density at radius 3 is 2.38 bits per heavy atom. The van der Waals surface area contributed by atoms with Gasteiger partial charge < -0.3 is 9.47 Å². The fraction of sp³-hybridized carbons (Fsp3) is 0.323. The summed E-state index contributed by atoms with van der Waals surface area (Å²) >= 11 is 0. The zero-order valence-corrected chi connectivity index (χ0v) is 20.9. The van der Waals surface area contributed by atoms with E-state index in [1.165, 1.54) is 12.1 Å². The van der Waals surface area contributed by atoms with E-state index in [1.807, 2.05) is 19.1 Å². The van der Waals surface area contributed by atoms with E-state index in [2.05, 4.69) is 6.58 Å². The monoisotopic (exact) mass is 508 g/mol. The van der Waals surface area contributed by atoms with Gasteiger partial charge in [-0.25, -0.2) is 18.0 Å². The molecule has 0 radical (unpaired) electrons. The topological polar surface area (TPSA) is 35.5 Å². The second-order valence-electron chi connectivity index (χ2n) is 9.50. The Balaban J connectivity index is 1.34. The van der Waals surface area contributed by atoms with Gasteiger partial charge in [0, 0.05) is 11.6 Å². The van der Waals surface area contributed by atoms with Crippen molar-refractivity contribution in [3.8, 4) is 16.9 Å². The number of hydrogen-bond acceptors (Lipinski definition) is 3. The maximum absolute atomic E-state index is 15.0. The Bertz CT molecular complexity index is 1250. The van der Waals surface area contributed by atoms with E-state index in [9.17, 15) is 13.6 Å². The van der Waals surface area contributed by atoms with Gasteiger partial charge in [0.25, 0.3) is 0 Å². The van der Waals surface area contributed by atoms with E-state index in [-0.39, 0.29) is 17.0 Å². The van der Waals surface area contributed by atoms with Crippen LogP contribution in [0.5, 0.6) is 5.75 Å². The molecule has 194 valence electrons. The average Bonchev–Trinajstić information content (AvgIpc) is 2.89. The Labute approximate surface area is 215 Å². The van der Waals surface area contributed by atoms with Gasteiger partial charge in [0.15, 0.2) is 11.6 Å². The number of rotatable bonds is 9. The molecule has 0 spiro atoms. The van der Waals surface area contributed by atoms with Gasteiger partial charge in [-0.15, -0.1) is 6.58 Å². The summed E-state index contributed by atoms with van der Waals surface area (Å²) in [5.74, 6) is -2.94. The Morgan fingerprint density at radius 2 is 1.70 bits per heavy atom. The molecule has 1 fully saturated rings. The lowest BCUT2D eigenvalue weighted by Gasteiger charge is -2.29. The molecule has 0 unspecified atom stereocenters. The number of esters is 1. The molecule has 3 aromatic carbocycles. The quantitative estimate of drug-likeness (QED) is 0.166. The first-order valence-corrected chi connectivity index (χ1v) is 12.7. The third-order valence-electron chi connectivity index (χ3n) is 6.84. The van der Waals surface area contributed by atoms with Gasteiger partial charge >= 0.3 is 5.97 Å². The minimum atomic E-state index is -0.849. The number of benzene rings is 3. The standard InChI is InChI=1S/C31H31F3O3/c1-3-4-5-18-36-24-14-15-27(28(32)19-24)31(35)37-23-12-10-22(11-13-23)26-17-16-25(29(33)30(26)34)21-8-6-20(2)7-9-21/h3,6-9,14-17,19,22-23H,1,4-5,10-13,18H2,2H3. The van der Waals surface area contributed by atoms with Gasteiger partial charge in [-0.1, -0.05) is 48.0 Å². The van der Waals surface area contributed by atoms with Gasteiger partial charge in [0.2, 0.25) is 0 Å². The predicted molar refractivity (Wildman–Crippen MR) is 138 cm³/mol. The van der Waals surface area contributed by atoms with Crippen molar-refractivity contribution in [2.45, 2.75) is 57.5 Å². The molecular weight excluding hydrogens is 477 g/mol. The maximum atomic E-state index is 15.0. The van der Waals surface area contributed by atoms with Crippen LogP contribution < -0.4 is 4.74 Å². The molecule has 0 atom stereocenters. The van der Waals surface area contributed by atoms with Crippen molar-refractivity contribution < 1.29 is 27.4 Å². The second kappa shape index (κ2) is 12.1. The number of allylic oxidation sites excluding steroid dienone is 1. The number of hydrogen-bond donors (Lipinski definition) is 0. The van der Waals surface area contributed by atoms with Crippen LogP contribution >= 0.6 is 0 Å². The molecule has 0 N–H and O–H groups in total. The Hall–Kier alpha value is -3.54. The van der Waals surface area contributed by atoms with Crippen LogP contribution in [0.3, 0.4) is 0 Å². The number of carbonyl (C=O) groups is 1. The smallest absolute Gasteiger partial charge is 0.341 e. The highest BCUT2D eigenvalue weighted by Crippen LogP contribution is 2.38. The highest BCUT2D eigenvalue weighted by atomic mass is 19.2. The molecule has 0 heterocycles. The molecule has 1 aliphatic carbocycles. The second-order valence-corrected chi connectivity index (χ2v) is 9.50. The van der Waals surface area contributed by atoms with E-state index in [0.717, 1.165) is 18.4 Å². The zero-order valence-electron chi connectivity index (χ0n) is 20.9. The summed E-state index contributed by atoms with van der Waals surface area (Å²) in [6.45, 7) is 6.01. The predicted octanol–water partition coefficient (Wildman–Crippen LogP) is 8.31. The lowest BCUT2D eigenvalue weighted by molar-refractivity contribution is 0.0189. The number of carbonyl (C=O) groups excluding carboxylic acids is 1. The maximum Gasteiger partial charge on any atom is 0.341 e. The van der Waals surface area contributed by atoms with Crippen LogP contribution in [0.4, 0.5) is 13.2 Å².